The smallest absolute Gasteiger partial charge is 0.0622 e. The molecular weight excluding hydrogens is 475 g/mol. The van der Waals surface area contributed by atoms with Crippen molar-refractivity contribution in [3.63, 3.8) is 0 Å². The Bertz CT molecular complexity index is 469. The maximum absolute atomic E-state index is 11.3. The number of hydrogen-bond donors (Lipinski definition) is 1. The topological polar surface area (TPSA) is 29.5 Å². The fourth-order valence-electron chi connectivity index (χ4n) is 4.60. The molecule has 1 unspecified atom stereocenters. The van der Waals surface area contributed by atoms with Gasteiger partial charge in [-0.3, -0.25) is 0 Å². The summed E-state index contributed by atoms with van der Waals surface area (Å²) in [6.07, 6.45) is 15.2. The summed E-state index contributed by atoms with van der Waals surface area (Å²) in [4.78, 5) is 0. The molecule has 0 amide bonds. The third kappa shape index (κ3) is 12.1. The maximum atomic E-state index is 11.3. The molecule has 1 N–H and O–H groups in total. The molecule has 0 spiro atoms. The van der Waals surface area contributed by atoms with Crippen LogP contribution in [0.4, 0.5) is 0 Å². The van der Waals surface area contributed by atoms with Gasteiger partial charge in [-0.05, 0) is 0 Å². The van der Waals surface area contributed by atoms with Crippen molar-refractivity contribution in [2.24, 2.45) is 0 Å². The van der Waals surface area contributed by atoms with Gasteiger partial charge in [-0.25, -0.2) is 0 Å². The Kier molecular flexibility index (Phi) is 17.3. The van der Waals surface area contributed by atoms with Gasteiger partial charge in [0.15, 0.2) is 0 Å². The van der Waals surface area contributed by atoms with Crippen molar-refractivity contribution in [2.45, 2.75) is 122 Å². The van der Waals surface area contributed by atoms with E-state index in [4.69, 9.17) is 4.74 Å². The van der Waals surface area contributed by atoms with Crippen molar-refractivity contribution in [1.82, 2.24) is 0 Å². The molecule has 1 aromatic rings. The SMILES string of the molecule is CCC[CH2][Sn]([CH2]CCC)([CH2]CCC)[CH](O)CCCCCCCOCc1ccccc1. The van der Waals surface area contributed by atoms with Gasteiger partial charge in [0.2, 0.25) is 0 Å². The van der Waals surface area contributed by atoms with Gasteiger partial charge in [-0.15, -0.1) is 0 Å². The summed E-state index contributed by atoms with van der Waals surface area (Å²) >= 11 is -2.42. The minimum absolute atomic E-state index is 0.0955. The molecule has 30 heavy (non-hydrogen) atoms. The minimum atomic E-state index is -2.42. The summed E-state index contributed by atoms with van der Waals surface area (Å²) in [6, 6.07) is 10.4. The summed E-state index contributed by atoms with van der Waals surface area (Å²) in [5, 5.41) is 11.3. The quantitative estimate of drug-likeness (QED) is 0.137. The van der Waals surface area contributed by atoms with Gasteiger partial charge in [0.05, 0.1) is 0 Å². The average Bonchev–Trinajstić information content (AvgIpc) is 2.78. The first-order valence-electron chi connectivity index (χ1n) is 13.0. The van der Waals surface area contributed by atoms with Crippen LogP contribution in [-0.4, -0.2) is 34.2 Å². The van der Waals surface area contributed by atoms with E-state index >= 15 is 0 Å². The van der Waals surface area contributed by atoms with Crippen LogP contribution in [0.2, 0.25) is 13.3 Å². The van der Waals surface area contributed by atoms with Crippen LogP contribution >= 0.6 is 0 Å². The number of rotatable bonds is 20. The van der Waals surface area contributed by atoms with Crippen LogP contribution in [-0.2, 0) is 11.3 Å². The Hall–Kier alpha value is -0.0613. The van der Waals surface area contributed by atoms with E-state index < -0.39 is 18.4 Å². The predicted octanol–water partition coefficient (Wildman–Crippen LogP) is 8.29. The van der Waals surface area contributed by atoms with E-state index in [1.54, 1.807) is 0 Å². The van der Waals surface area contributed by atoms with Gasteiger partial charge in [0.1, 0.15) is 0 Å². The van der Waals surface area contributed by atoms with Crippen molar-refractivity contribution >= 4 is 18.4 Å². The fourth-order valence-corrected chi connectivity index (χ4v) is 21.0. The molecule has 0 aliphatic rings. The standard InChI is InChI=1S/C15H23O2.3C4H9.Sn/c16-12-8-3-1-2-4-9-13-17-14-15-10-6-5-7-11-15;3*1-3-4-2;/h5-7,10-12,16H,1-4,8-9,13-14H2;3*1,3-4H2,2H3;. The Labute approximate surface area is 192 Å². The van der Waals surface area contributed by atoms with Crippen molar-refractivity contribution in [1.29, 1.82) is 0 Å². The van der Waals surface area contributed by atoms with Gasteiger partial charge >= 0.3 is 174 Å². The molecule has 0 saturated heterocycles. The molecule has 0 aliphatic heterocycles. The molecule has 2 nitrogen and oxygen atoms in total. The molecular formula is C27H50O2Sn. The normalized spacial score (nSPS) is 12.9. The third-order valence-corrected chi connectivity index (χ3v) is 23.1. The number of aliphatic hydroxyl groups excluding tert-OH is 1. The molecule has 1 aromatic carbocycles. The Morgan fingerprint density at radius 3 is 1.83 bits per heavy atom. The number of hydrogen-bond acceptors (Lipinski definition) is 2. The Morgan fingerprint density at radius 1 is 0.733 bits per heavy atom. The van der Waals surface area contributed by atoms with Crippen molar-refractivity contribution < 1.29 is 9.84 Å². The van der Waals surface area contributed by atoms with E-state index in [2.05, 4.69) is 45.0 Å². The van der Waals surface area contributed by atoms with E-state index in [0.29, 0.717) is 0 Å². The molecule has 0 radical (unpaired) electrons. The van der Waals surface area contributed by atoms with Gasteiger partial charge in [0, 0.05) is 0 Å². The van der Waals surface area contributed by atoms with Crippen LogP contribution in [0.3, 0.4) is 0 Å². The first-order chi connectivity index (χ1) is 14.7. The second kappa shape index (κ2) is 18.5. The predicted molar refractivity (Wildman–Crippen MR) is 135 cm³/mol. The average molecular weight is 525 g/mol. The number of ether oxygens (including phenoxy) is 1. The van der Waals surface area contributed by atoms with Crippen LogP contribution in [0.5, 0.6) is 0 Å². The minimum Gasteiger partial charge on any atom is -0.0622 e. The van der Waals surface area contributed by atoms with E-state index in [9.17, 15) is 5.11 Å². The summed E-state index contributed by atoms with van der Waals surface area (Å²) in [6.45, 7) is 8.53. The number of aliphatic hydroxyl groups is 1. The molecule has 1 rings (SSSR count). The van der Waals surface area contributed by atoms with Crippen LogP contribution in [0.25, 0.3) is 0 Å². The summed E-state index contributed by atoms with van der Waals surface area (Å²) in [7, 11) is 0. The molecule has 174 valence electrons. The van der Waals surface area contributed by atoms with Crippen molar-refractivity contribution in [3.8, 4) is 0 Å². The van der Waals surface area contributed by atoms with Crippen LogP contribution < -0.4 is 0 Å². The summed E-state index contributed by atoms with van der Waals surface area (Å²) in [5.74, 6) is 0. The van der Waals surface area contributed by atoms with Crippen LogP contribution in [0.1, 0.15) is 103 Å². The summed E-state index contributed by atoms with van der Waals surface area (Å²) < 4.78 is 10.2. The first-order valence-corrected chi connectivity index (χ1v) is 20.7. The molecule has 0 aromatic heterocycles. The summed E-state index contributed by atoms with van der Waals surface area (Å²) in [5.41, 5.74) is 1.26. The zero-order chi connectivity index (χ0) is 21.9. The zero-order valence-corrected chi connectivity index (χ0v) is 23.2. The van der Waals surface area contributed by atoms with Gasteiger partial charge in [-0.2, -0.15) is 0 Å². The van der Waals surface area contributed by atoms with E-state index in [0.717, 1.165) is 26.1 Å². The van der Waals surface area contributed by atoms with Crippen LogP contribution in [0.15, 0.2) is 30.3 Å². The van der Waals surface area contributed by atoms with Gasteiger partial charge in [0.25, 0.3) is 0 Å². The van der Waals surface area contributed by atoms with E-state index in [-0.39, 0.29) is 4.12 Å². The van der Waals surface area contributed by atoms with E-state index in [1.807, 2.05) is 6.07 Å². The molecule has 0 fully saturated rings. The van der Waals surface area contributed by atoms with E-state index in [1.165, 1.54) is 83.1 Å². The van der Waals surface area contributed by atoms with Crippen LogP contribution in [0, 0.1) is 0 Å². The molecule has 0 heterocycles. The third-order valence-electron chi connectivity index (χ3n) is 6.67. The molecule has 1 atom stereocenters. The second-order valence-corrected chi connectivity index (χ2v) is 23.2. The van der Waals surface area contributed by atoms with Gasteiger partial charge in [-0.1, -0.05) is 18.2 Å². The molecule has 0 bridgehead atoms. The first kappa shape index (κ1) is 28.0. The van der Waals surface area contributed by atoms with Gasteiger partial charge < -0.3 is 0 Å². The number of benzene rings is 1. The molecule has 0 aliphatic carbocycles. The second-order valence-electron chi connectivity index (χ2n) is 9.28. The fraction of sp³-hybridized carbons (Fsp3) is 0.778. The Morgan fingerprint density at radius 2 is 1.27 bits per heavy atom. The monoisotopic (exact) mass is 526 g/mol. The van der Waals surface area contributed by atoms with Crippen molar-refractivity contribution in [3.05, 3.63) is 35.9 Å². The number of unbranched alkanes of at least 4 members (excludes halogenated alkanes) is 7. The molecule has 0 saturated carbocycles. The Balaban J connectivity index is 2.24. The van der Waals surface area contributed by atoms with Crippen molar-refractivity contribution in [2.75, 3.05) is 6.61 Å². The zero-order valence-electron chi connectivity index (χ0n) is 20.3. The molecule has 3 heteroatoms.